The molecule has 29 heavy (non-hydrogen) atoms. The predicted octanol–water partition coefficient (Wildman–Crippen LogP) is 5.17. The SMILES string of the molecule is CC(=O)[C@H](Cl)[C@](C#N)(c1nc2ccccc2s1)[C@H](C#N)c1nc2ccccc2s1. The third-order valence-electron chi connectivity index (χ3n) is 4.73. The highest BCUT2D eigenvalue weighted by molar-refractivity contribution is 7.19. The fourth-order valence-electron chi connectivity index (χ4n) is 3.28. The number of nitrogens with zero attached hydrogens (tertiary/aromatic N) is 4. The Hall–Kier alpha value is -2.84. The van der Waals surface area contributed by atoms with Crippen molar-refractivity contribution in [2.45, 2.75) is 23.6 Å². The molecule has 0 saturated heterocycles. The van der Waals surface area contributed by atoms with E-state index < -0.39 is 22.5 Å². The third kappa shape index (κ3) is 3.08. The van der Waals surface area contributed by atoms with E-state index in [0.29, 0.717) is 15.5 Å². The lowest BCUT2D eigenvalue weighted by molar-refractivity contribution is -0.117. The van der Waals surface area contributed by atoms with Gasteiger partial charge in [0.1, 0.15) is 27.1 Å². The zero-order chi connectivity index (χ0) is 20.6. The Balaban J connectivity index is 1.99. The average molecular weight is 437 g/mol. The summed E-state index contributed by atoms with van der Waals surface area (Å²) < 4.78 is 1.75. The number of nitriles is 2. The van der Waals surface area contributed by atoms with E-state index in [2.05, 4.69) is 22.1 Å². The number of carbonyl (C=O) groups is 1. The first kappa shape index (κ1) is 19.5. The van der Waals surface area contributed by atoms with Crippen LogP contribution in [0.15, 0.2) is 48.5 Å². The minimum absolute atomic E-state index is 0.349. The van der Waals surface area contributed by atoms with Gasteiger partial charge in [-0.2, -0.15) is 10.5 Å². The van der Waals surface area contributed by atoms with Crippen LogP contribution in [0.25, 0.3) is 20.4 Å². The van der Waals surface area contributed by atoms with E-state index in [9.17, 15) is 15.3 Å². The fraction of sp³-hybridized carbons (Fsp3) is 0.190. The van der Waals surface area contributed by atoms with E-state index in [-0.39, 0.29) is 0 Å². The summed E-state index contributed by atoms with van der Waals surface area (Å²) >= 11 is 9.14. The Kier molecular flexibility index (Phi) is 5.06. The summed E-state index contributed by atoms with van der Waals surface area (Å²) in [4.78, 5) is 21.5. The van der Waals surface area contributed by atoms with Gasteiger partial charge >= 0.3 is 0 Å². The molecule has 0 aliphatic rings. The number of halogens is 1. The monoisotopic (exact) mass is 436 g/mol. The van der Waals surface area contributed by atoms with Gasteiger partial charge in [0, 0.05) is 0 Å². The Morgan fingerprint density at radius 3 is 2.14 bits per heavy atom. The van der Waals surface area contributed by atoms with Crippen molar-refractivity contribution in [3.8, 4) is 12.1 Å². The molecular weight excluding hydrogens is 424 g/mol. The second kappa shape index (κ2) is 7.53. The van der Waals surface area contributed by atoms with Gasteiger partial charge in [-0.3, -0.25) is 4.79 Å². The number of thiazole rings is 2. The van der Waals surface area contributed by atoms with Gasteiger partial charge in [-0.15, -0.1) is 34.3 Å². The molecule has 0 aliphatic heterocycles. The van der Waals surface area contributed by atoms with Crippen LogP contribution < -0.4 is 0 Å². The van der Waals surface area contributed by atoms with Crippen LogP contribution in [0.4, 0.5) is 0 Å². The maximum atomic E-state index is 12.3. The molecule has 0 bridgehead atoms. The maximum Gasteiger partial charge on any atom is 0.154 e. The van der Waals surface area contributed by atoms with Crippen LogP contribution in [0.2, 0.25) is 0 Å². The molecule has 8 heteroatoms. The van der Waals surface area contributed by atoms with Gasteiger partial charge in [-0.25, -0.2) is 9.97 Å². The number of alkyl halides is 1. The molecule has 4 aromatic rings. The van der Waals surface area contributed by atoms with E-state index >= 15 is 0 Å². The largest absolute Gasteiger partial charge is 0.298 e. The van der Waals surface area contributed by atoms with E-state index in [1.807, 2.05) is 48.5 Å². The van der Waals surface area contributed by atoms with Crippen molar-refractivity contribution in [2.75, 3.05) is 0 Å². The van der Waals surface area contributed by atoms with Crippen molar-refractivity contribution in [3.63, 3.8) is 0 Å². The van der Waals surface area contributed by atoms with Crippen molar-refractivity contribution in [2.24, 2.45) is 0 Å². The van der Waals surface area contributed by atoms with Gasteiger partial charge in [0.05, 0.1) is 32.6 Å². The van der Waals surface area contributed by atoms with Gasteiger partial charge in [0.25, 0.3) is 0 Å². The van der Waals surface area contributed by atoms with Crippen molar-refractivity contribution < 1.29 is 4.79 Å². The summed E-state index contributed by atoms with van der Waals surface area (Å²) in [6, 6.07) is 19.3. The molecule has 0 amide bonds. The lowest BCUT2D eigenvalue weighted by Gasteiger charge is -2.30. The van der Waals surface area contributed by atoms with Gasteiger partial charge in [0.2, 0.25) is 0 Å². The molecule has 2 heterocycles. The molecular formula is C21H13ClN4OS2. The molecule has 2 aromatic carbocycles. The smallest absolute Gasteiger partial charge is 0.154 e. The first-order valence-electron chi connectivity index (χ1n) is 8.68. The quantitative estimate of drug-likeness (QED) is 0.402. The van der Waals surface area contributed by atoms with Crippen molar-refractivity contribution in [1.82, 2.24) is 9.97 Å². The lowest BCUT2D eigenvalue weighted by atomic mass is 9.73. The Morgan fingerprint density at radius 1 is 1.03 bits per heavy atom. The number of aromatic nitrogens is 2. The Morgan fingerprint density at radius 2 is 1.62 bits per heavy atom. The van der Waals surface area contributed by atoms with Crippen LogP contribution >= 0.6 is 34.3 Å². The van der Waals surface area contributed by atoms with Crippen LogP contribution in [-0.2, 0) is 10.2 Å². The molecule has 0 fully saturated rings. The normalized spacial score (nSPS) is 15.3. The maximum absolute atomic E-state index is 12.3. The summed E-state index contributed by atoms with van der Waals surface area (Å²) in [5, 5.41) is 20.0. The molecule has 2 aromatic heterocycles. The number of hydrogen-bond acceptors (Lipinski definition) is 7. The minimum Gasteiger partial charge on any atom is -0.298 e. The predicted molar refractivity (Wildman–Crippen MR) is 115 cm³/mol. The molecule has 0 N–H and O–H groups in total. The highest BCUT2D eigenvalue weighted by atomic mass is 35.5. The summed E-state index contributed by atoms with van der Waals surface area (Å²) in [7, 11) is 0. The van der Waals surface area contributed by atoms with Gasteiger partial charge in [-0.1, -0.05) is 24.3 Å². The Labute approximate surface area is 179 Å². The second-order valence-corrected chi connectivity index (χ2v) is 9.05. The molecule has 3 atom stereocenters. The van der Waals surface area contributed by atoms with Gasteiger partial charge < -0.3 is 0 Å². The number of para-hydroxylation sites is 2. The van der Waals surface area contributed by atoms with Crippen molar-refractivity contribution >= 4 is 60.5 Å². The van der Waals surface area contributed by atoms with E-state index in [1.165, 1.54) is 29.6 Å². The molecule has 0 aliphatic carbocycles. The van der Waals surface area contributed by atoms with Crippen LogP contribution in [0.3, 0.4) is 0 Å². The number of Topliss-reactive ketones (excluding diaryl/α,β-unsaturated/α-hetero) is 1. The topological polar surface area (TPSA) is 90.4 Å². The van der Waals surface area contributed by atoms with Crippen LogP contribution in [0.5, 0.6) is 0 Å². The van der Waals surface area contributed by atoms with Crippen molar-refractivity contribution in [1.29, 1.82) is 10.5 Å². The van der Waals surface area contributed by atoms with E-state index in [0.717, 1.165) is 14.9 Å². The Bertz CT molecular complexity index is 1250. The molecule has 0 unspecified atom stereocenters. The standard InChI is InChI=1S/C21H13ClN4OS2/c1-12(27)18(22)21(11-24,20-26-15-7-3-5-9-17(15)29-20)13(10-23)19-25-14-6-2-4-8-16(14)28-19/h2-9,13,18H,1H3/t13-,18+,21-/m1/s1. The molecule has 5 nitrogen and oxygen atoms in total. The molecule has 0 saturated carbocycles. The number of benzene rings is 2. The van der Waals surface area contributed by atoms with E-state index in [4.69, 9.17) is 11.6 Å². The summed E-state index contributed by atoms with van der Waals surface area (Å²) in [5.74, 6) is -1.44. The molecule has 4 rings (SSSR count). The van der Waals surface area contributed by atoms with Crippen LogP contribution in [-0.4, -0.2) is 21.1 Å². The number of ketones is 1. The first-order valence-corrected chi connectivity index (χ1v) is 10.7. The zero-order valence-corrected chi connectivity index (χ0v) is 17.6. The van der Waals surface area contributed by atoms with Gasteiger partial charge in [-0.05, 0) is 31.2 Å². The number of hydrogen-bond donors (Lipinski definition) is 0. The van der Waals surface area contributed by atoms with E-state index in [1.54, 1.807) is 0 Å². The lowest BCUT2D eigenvalue weighted by Crippen LogP contribution is -2.44. The second-order valence-electron chi connectivity index (χ2n) is 6.52. The average Bonchev–Trinajstić information content (AvgIpc) is 3.35. The third-order valence-corrected chi connectivity index (χ3v) is 7.67. The fourth-order valence-corrected chi connectivity index (χ4v) is 5.88. The molecule has 0 spiro atoms. The number of rotatable bonds is 5. The summed E-state index contributed by atoms with van der Waals surface area (Å²) in [5.41, 5.74) is -0.224. The van der Waals surface area contributed by atoms with Gasteiger partial charge in [0.15, 0.2) is 5.41 Å². The van der Waals surface area contributed by atoms with Crippen LogP contribution in [0.1, 0.15) is 22.9 Å². The summed E-state index contributed by atoms with van der Waals surface area (Å²) in [6.45, 7) is 1.32. The van der Waals surface area contributed by atoms with Crippen molar-refractivity contribution in [3.05, 3.63) is 58.5 Å². The number of carbonyl (C=O) groups excluding carboxylic acids is 1. The van der Waals surface area contributed by atoms with Crippen LogP contribution in [0, 0.1) is 22.7 Å². The first-order chi connectivity index (χ1) is 14.0. The summed E-state index contributed by atoms with van der Waals surface area (Å²) in [6.07, 6.45) is 0. The minimum atomic E-state index is -1.65. The molecule has 0 radical (unpaired) electrons. The number of fused-ring (bicyclic) bond motifs is 2. The highest BCUT2D eigenvalue weighted by Crippen LogP contribution is 2.47. The molecule has 142 valence electrons. The zero-order valence-electron chi connectivity index (χ0n) is 15.2. The highest BCUT2D eigenvalue weighted by Gasteiger charge is 2.53.